The van der Waals surface area contributed by atoms with Crippen LogP contribution in [0.3, 0.4) is 0 Å². The van der Waals surface area contributed by atoms with Crippen LogP contribution >= 0.6 is 0 Å². The number of hydrogen-bond donors (Lipinski definition) is 3. The third kappa shape index (κ3) is 3.47. The highest BCUT2D eigenvalue weighted by Crippen LogP contribution is 2.35. The van der Waals surface area contributed by atoms with Crippen LogP contribution in [0, 0.1) is 5.82 Å². The van der Waals surface area contributed by atoms with Crippen molar-refractivity contribution in [1.82, 2.24) is 9.55 Å². The van der Waals surface area contributed by atoms with Gasteiger partial charge < -0.3 is 29.7 Å². The molecule has 0 aliphatic carbocycles. The summed E-state index contributed by atoms with van der Waals surface area (Å²) < 4.78 is 21.9. The summed E-state index contributed by atoms with van der Waals surface area (Å²) in [5.41, 5.74) is 1.11. The minimum absolute atomic E-state index is 0.128. The number of imidazole rings is 1. The van der Waals surface area contributed by atoms with Crippen LogP contribution in [0.1, 0.15) is 18.4 Å². The van der Waals surface area contributed by atoms with E-state index in [0.717, 1.165) is 17.0 Å². The molecular weight excluding hydrogens is 415 g/mol. The number of ether oxygens (including phenoxy) is 1. The number of fused-ring (bicyclic) bond motifs is 2. The lowest BCUT2D eigenvalue weighted by Gasteiger charge is -2.42. The van der Waals surface area contributed by atoms with E-state index in [1.165, 1.54) is 12.1 Å². The standard InChI is InChI=1S/C23H25FN4O4/c1-27-17-5-3-2-4-16(17)25-22(27)28-11-10-23(31,19(29)12-28)13-32-18-8-7-15(24)21-14(18)6-9-20(30)26-21/h2-5,7-8,19,29,31H,6,9-13H2,1H3,(H,26,30)/t19-,23-/m1/s1. The molecule has 0 saturated carbocycles. The van der Waals surface area contributed by atoms with E-state index in [2.05, 4.69) is 10.3 Å². The summed E-state index contributed by atoms with van der Waals surface area (Å²) >= 11 is 0. The Morgan fingerprint density at radius 2 is 2.09 bits per heavy atom. The third-order valence-electron chi connectivity index (χ3n) is 6.44. The molecule has 3 N–H and O–H groups in total. The molecule has 1 amide bonds. The van der Waals surface area contributed by atoms with Crippen LogP contribution in [-0.2, 0) is 18.3 Å². The maximum atomic E-state index is 14.1. The zero-order chi connectivity index (χ0) is 22.5. The zero-order valence-electron chi connectivity index (χ0n) is 17.7. The van der Waals surface area contributed by atoms with E-state index in [1.807, 2.05) is 40.8 Å². The first-order valence-corrected chi connectivity index (χ1v) is 10.7. The number of hydrogen-bond acceptors (Lipinski definition) is 6. The van der Waals surface area contributed by atoms with Crippen molar-refractivity contribution < 1.29 is 24.1 Å². The third-order valence-corrected chi connectivity index (χ3v) is 6.44. The average molecular weight is 440 g/mol. The van der Waals surface area contributed by atoms with Crippen molar-refractivity contribution in [3.63, 3.8) is 0 Å². The highest BCUT2D eigenvalue weighted by molar-refractivity contribution is 5.94. The largest absolute Gasteiger partial charge is 0.490 e. The summed E-state index contributed by atoms with van der Waals surface area (Å²) in [5.74, 6) is 0.378. The molecule has 0 spiro atoms. The predicted octanol–water partition coefficient (Wildman–Crippen LogP) is 1.98. The SMILES string of the molecule is Cn1c(N2CC[C@@](O)(COc3ccc(F)c4c3CCC(=O)N4)[C@H](O)C2)nc2ccccc21. The number of aliphatic hydroxyl groups excluding tert-OH is 1. The number of aliphatic hydroxyl groups is 2. The molecule has 2 aromatic carbocycles. The number of aromatic nitrogens is 2. The number of carbonyl (C=O) groups is 1. The van der Waals surface area contributed by atoms with E-state index in [9.17, 15) is 19.4 Å². The monoisotopic (exact) mass is 440 g/mol. The van der Waals surface area contributed by atoms with Crippen LogP contribution < -0.4 is 15.0 Å². The number of nitrogens with one attached hydrogen (secondary N) is 1. The number of amides is 1. The number of rotatable bonds is 4. The second-order valence-electron chi connectivity index (χ2n) is 8.51. The number of halogens is 1. The van der Waals surface area contributed by atoms with Crippen LogP contribution in [0.5, 0.6) is 5.75 Å². The van der Waals surface area contributed by atoms with Crippen molar-refractivity contribution in [2.75, 3.05) is 29.9 Å². The molecule has 32 heavy (non-hydrogen) atoms. The Kier molecular flexibility index (Phi) is 5.02. The van der Waals surface area contributed by atoms with E-state index in [4.69, 9.17) is 4.74 Å². The van der Waals surface area contributed by atoms with Gasteiger partial charge in [0, 0.05) is 32.1 Å². The lowest BCUT2D eigenvalue weighted by Crippen LogP contribution is -2.58. The van der Waals surface area contributed by atoms with Gasteiger partial charge in [-0.05, 0) is 37.1 Å². The number of anilines is 2. The van der Waals surface area contributed by atoms with Gasteiger partial charge in [0.2, 0.25) is 11.9 Å². The molecule has 1 fully saturated rings. The van der Waals surface area contributed by atoms with Crippen LogP contribution in [0.15, 0.2) is 36.4 Å². The van der Waals surface area contributed by atoms with Gasteiger partial charge in [-0.25, -0.2) is 9.37 Å². The van der Waals surface area contributed by atoms with Gasteiger partial charge in [0.25, 0.3) is 0 Å². The molecule has 2 aliphatic rings. The molecule has 1 saturated heterocycles. The van der Waals surface area contributed by atoms with E-state index >= 15 is 0 Å². The van der Waals surface area contributed by atoms with E-state index in [1.54, 1.807) is 0 Å². The molecular formula is C23H25FN4O4. The number of β-amino-alcohol motifs (C(OH)–C–C–N with tert-alkyl or cyclic N) is 1. The van der Waals surface area contributed by atoms with E-state index < -0.39 is 17.5 Å². The minimum Gasteiger partial charge on any atom is -0.490 e. The minimum atomic E-state index is -1.46. The summed E-state index contributed by atoms with van der Waals surface area (Å²) in [6.07, 6.45) is -0.188. The van der Waals surface area contributed by atoms with Gasteiger partial charge in [-0.1, -0.05) is 12.1 Å². The van der Waals surface area contributed by atoms with Crippen molar-refractivity contribution in [1.29, 1.82) is 0 Å². The Balaban J connectivity index is 1.31. The first-order chi connectivity index (χ1) is 15.4. The van der Waals surface area contributed by atoms with Gasteiger partial charge in [-0.15, -0.1) is 0 Å². The highest BCUT2D eigenvalue weighted by Gasteiger charge is 2.42. The summed E-state index contributed by atoms with van der Waals surface area (Å²) in [7, 11) is 1.93. The molecule has 3 aromatic rings. The number of piperidine rings is 1. The Hall–Kier alpha value is -3.17. The van der Waals surface area contributed by atoms with Crippen LogP contribution in [-0.4, -0.2) is 57.1 Å². The van der Waals surface area contributed by atoms with Gasteiger partial charge in [0.1, 0.15) is 29.9 Å². The Bertz CT molecular complexity index is 1200. The normalized spacial score (nSPS) is 23.2. The van der Waals surface area contributed by atoms with Crippen LogP contribution in [0.25, 0.3) is 11.0 Å². The van der Waals surface area contributed by atoms with Gasteiger partial charge in [-0.3, -0.25) is 4.79 Å². The van der Waals surface area contributed by atoms with Crippen molar-refractivity contribution >= 4 is 28.6 Å². The second kappa shape index (κ2) is 7.75. The topological polar surface area (TPSA) is 99.8 Å². The number of carbonyl (C=O) groups excluding carboxylic acids is 1. The quantitative estimate of drug-likeness (QED) is 0.574. The van der Waals surface area contributed by atoms with Crippen molar-refractivity contribution in [3.8, 4) is 5.75 Å². The first-order valence-electron chi connectivity index (χ1n) is 10.7. The molecule has 0 bridgehead atoms. The summed E-state index contributed by atoms with van der Waals surface area (Å²) in [6, 6.07) is 10.5. The maximum absolute atomic E-state index is 14.1. The molecule has 168 valence electrons. The Morgan fingerprint density at radius 1 is 1.28 bits per heavy atom. The average Bonchev–Trinajstić information content (AvgIpc) is 3.12. The van der Waals surface area contributed by atoms with Gasteiger partial charge in [-0.2, -0.15) is 0 Å². The van der Waals surface area contributed by atoms with Crippen molar-refractivity contribution in [2.24, 2.45) is 7.05 Å². The fourth-order valence-corrected chi connectivity index (χ4v) is 4.49. The first kappa shape index (κ1) is 20.7. The molecule has 0 radical (unpaired) electrons. The Labute approximate surface area is 184 Å². The molecule has 8 nitrogen and oxygen atoms in total. The van der Waals surface area contributed by atoms with E-state index in [0.29, 0.717) is 24.3 Å². The smallest absolute Gasteiger partial charge is 0.224 e. The van der Waals surface area contributed by atoms with Gasteiger partial charge >= 0.3 is 0 Å². The summed E-state index contributed by atoms with van der Waals surface area (Å²) in [4.78, 5) is 18.2. The molecule has 0 unspecified atom stereocenters. The number of nitrogens with zero attached hydrogens (tertiary/aromatic N) is 3. The summed E-state index contributed by atoms with van der Waals surface area (Å²) in [5, 5.41) is 24.4. The lowest BCUT2D eigenvalue weighted by molar-refractivity contribution is -0.116. The molecule has 2 atom stereocenters. The fourth-order valence-electron chi connectivity index (χ4n) is 4.49. The molecule has 3 heterocycles. The Morgan fingerprint density at radius 3 is 2.88 bits per heavy atom. The fraction of sp³-hybridized carbons (Fsp3) is 0.391. The van der Waals surface area contributed by atoms with Gasteiger partial charge in [0.15, 0.2) is 0 Å². The lowest BCUT2D eigenvalue weighted by atomic mass is 9.89. The van der Waals surface area contributed by atoms with Crippen molar-refractivity contribution in [2.45, 2.75) is 31.0 Å². The van der Waals surface area contributed by atoms with Gasteiger partial charge in [0.05, 0.1) is 16.7 Å². The number of para-hydroxylation sites is 2. The molecule has 1 aromatic heterocycles. The van der Waals surface area contributed by atoms with E-state index in [-0.39, 0.29) is 37.6 Å². The second-order valence-corrected chi connectivity index (χ2v) is 8.51. The molecule has 2 aliphatic heterocycles. The zero-order valence-corrected chi connectivity index (χ0v) is 17.7. The van der Waals surface area contributed by atoms with Crippen LogP contribution in [0.2, 0.25) is 0 Å². The molecule has 9 heteroatoms. The van der Waals surface area contributed by atoms with Crippen LogP contribution in [0.4, 0.5) is 16.0 Å². The maximum Gasteiger partial charge on any atom is 0.224 e. The summed E-state index contributed by atoms with van der Waals surface area (Å²) in [6.45, 7) is 0.552. The predicted molar refractivity (Wildman–Crippen MR) is 117 cm³/mol. The highest BCUT2D eigenvalue weighted by atomic mass is 19.1. The number of benzene rings is 2. The molecule has 5 rings (SSSR count). The number of aryl methyl sites for hydroxylation is 1. The van der Waals surface area contributed by atoms with Crippen molar-refractivity contribution in [3.05, 3.63) is 47.8 Å².